The zero-order valence-electron chi connectivity index (χ0n) is 12.8. The van der Waals surface area contributed by atoms with E-state index in [1.54, 1.807) is 19.2 Å². The van der Waals surface area contributed by atoms with E-state index < -0.39 is 11.8 Å². The molecule has 120 valence electrons. The highest BCUT2D eigenvalue weighted by atomic mass is 32.1. The molecule has 0 spiro atoms. The second-order valence-corrected chi connectivity index (χ2v) is 5.65. The van der Waals surface area contributed by atoms with Gasteiger partial charge in [-0.3, -0.25) is 9.59 Å². The lowest BCUT2D eigenvalue weighted by atomic mass is 10.2. The summed E-state index contributed by atoms with van der Waals surface area (Å²) in [5, 5.41) is 8.24. The van der Waals surface area contributed by atoms with E-state index in [0.717, 1.165) is 21.8 Å². The van der Waals surface area contributed by atoms with E-state index in [2.05, 4.69) is 15.8 Å². The van der Waals surface area contributed by atoms with Crippen molar-refractivity contribution in [2.45, 2.75) is 13.5 Å². The summed E-state index contributed by atoms with van der Waals surface area (Å²) in [7, 11) is 1.58. The molecule has 1 aromatic carbocycles. The van der Waals surface area contributed by atoms with Gasteiger partial charge in [0, 0.05) is 11.4 Å². The number of thiophene rings is 1. The van der Waals surface area contributed by atoms with Crippen LogP contribution >= 0.6 is 11.3 Å². The number of carbonyl (C=O) groups excluding carboxylic acids is 2. The first kappa shape index (κ1) is 16.7. The van der Waals surface area contributed by atoms with E-state index in [0.29, 0.717) is 0 Å². The van der Waals surface area contributed by atoms with Gasteiger partial charge in [-0.2, -0.15) is 5.10 Å². The molecule has 0 aliphatic heterocycles. The first-order chi connectivity index (χ1) is 11.1. The number of nitrogens with one attached hydrogen (secondary N) is 2. The smallest absolute Gasteiger partial charge is 0.329 e. The maximum Gasteiger partial charge on any atom is 0.329 e. The number of rotatable bonds is 5. The van der Waals surface area contributed by atoms with Crippen molar-refractivity contribution in [2.24, 2.45) is 5.10 Å². The second kappa shape index (κ2) is 8.09. The highest BCUT2D eigenvalue weighted by molar-refractivity contribution is 7.11. The summed E-state index contributed by atoms with van der Waals surface area (Å²) in [4.78, 5) is 24.2. The number of nitrogens with zero attached hydrogens (tertiary/aromatic N) is 1. The highest BCUT2D eigenvalue weighted by Gasteiger charge is 2.11. The molecule has 0 aliphatic carbocycles. The van der Waals surface area contributed by atoms with E-state index in [1.165, 1.54) is 17.6 Å². The predicted molar refractivity (Wildman–Crippen MR) is 89.6 cm³/mol. The molecule has 0 radical (unpaired) electrons. The first-order valence-electron chi connectivity index (χ1n) is 6.88. The van der Waals surface area contributed by atoms with Crippen LogP contribution in [-0.4, -0.2) is 25.1 Å². The minimum atomic E-state index is -0.802. The standard InChI is InChI=1S/C16H17N3O3S/c1-11-7-8-23-14(11)10-18-19-16(21)15(20)17-9-12-3-5-13(22-2)6-4-12/h3-8,10H,9H2,1-2H3,(H,17,20)(H,19,21)/b18-10-. The summed E-state index contributed by atoms with van der Waals surface area (Å²) in [5.74, 6) is -0.805. The number of amides is 2. The molecule has 0 bridgehead atoms. The minimum absolute atomic E-state index is 0.254. The lowest BCUT2D eigenvalue weighted by Gasteiger charge is -2.05. The SMILES string of the molecule is COc1ccc(CNC(=O)C(=O)N/N=C\c2sccc2C)cc1. The Hall–Kier alpha value is -2.67. The van der Waals surface area contributed by atoms with Crippen molar-refractivity contribution >= 4 is 29.4 Å². The quantitative estimate of drug-likeness (QED) is 0.498. The van der Waals surface area contributed by atoms with E-state index in [1.807, 2.05) is 30.5 Å². The molecule has 2 aromatic rings. The number of aryl methyl sites for hydroxylation is 1. The Kier molecular flexibility index (Phi) is 5.87. The maximum absolute atomic E-state index is 11.7. The molecule has 6 nitrogen and oxygen atoms in total. The van der Waals surface area contributed by atoms with E-state index >= 15 is 0 Å². The molecule has 0 saturated carbocycles. The molecule has 0 aliphatic rings. The Bertz CT molecular complexity index is 708. The van der Waals surface area contributed by atoms with Crippen LogP contribution in [0.25, 0.3) is 0 Å². The van der Waals surface area contributed by atoms with Crippen molar-refractivity contribution in [3.63, 3.8) is 0 Å². The molecule has 23 heavy (non-hydrogen) atoms. The minimum Gasteiger partial charge on any atom is -0.497 e. The average molecular weight is 331 g/mol. The van der Waals surface area contributed by atoms with Gasteiger partial charge in [-0.25, -0.2) is 5.43 Å². The number of carbonyl (C=O) groups is 2. The normalized spacial score (nSPS) is 10.5. The topological polar surface area (TPSA) is 79.8 Å². The molecular weight excluding hydrogens is 314 g/mol. The molecule has 1 heterocycles. The Labute approximate surface area is 138 Å². The van der Waals surface area contributed by atoms with Crippen LogP contribution in [0.4, 0.5) is 0 Å². The monoisotopic (exact) mass is 331 g/mol. The van der Waals surface area contributed by atoms with Crippen molar-refractivity contribution < 1.29 is 14.3 Å². The van der Waals surface area contributed by atoms with Crippen molar-refractivity contribution in [1.82, 2.24) is 10.7 Å². The van der Waals surface area contributed by atoms with Gasteiger partial charge in [0.05, 0.1) is 13.3 Å². The Balaban J connectivity index is 1.79. The number of ether oxygens (including phenoxy) is 1. The maximum atomic E-state index is 11.7. The fourth-order valence-electron chi connectivity index (χ4n) is 1.72. The number of benzene rings is 1. The first-order valence-corrected chi connectivity index (χ1v) is 7.76. The molecule has 0 atom stereocenters. The van der Waals surface area contributed by atoms with E-state index in [-0.39, 0.29) is 6.54 Å². The van der Waals surface area contributed by atoms with Gasteiger partial charge in [0.25, 0.3) is 0 Å². The molecule has 7 heteroatoms. The van der Waals surface area contributed by atoms with Gasteiger partial charge in [-0.1, -0.05) is 12.1 Å². The molecule has 2 rings (SSSR count). The van der Waals surface area contributed by atoms with Gasteiger partial charge in [-0.05, 0) is 41.6 Å². The van der Waals surface area contributed by atoms with E-state index in [4.69, 9.17) is 4.74 Å². The molecular formula is C16H17N3O3S. The van der Waals surface area contributed by atoms with Crippen molar-refractivity contribution in [3.8, 4) is 5.75 Å². The summed E-state index contributed by atoms with van der Waals surface area (Å²) in [6.45, 7) is 2.20. The van der Waals surface area contributed by atoms with Crippen LogP contribution < -0.4 is 15.5 Å². The van der Waals surface area contributed by atoms with E-state index in [9.17, 15) is 9.59 Å². The van der Waals surface area contributed by atoms with Gasteiger partial charge in [0.1, 0.15) is 5.75 Å². The fourth-order valence-corrected chi connectivity index (χ4v) is 2.51. The van der Waals surface area contributed by atoms with Crippen molar-refractivity contribution in [3.05, 3.63) is 51.7 Å². The third-order valence-electron chi connectivity index (χ3n) is 3.07. The zero-order valence-corrected chi connectivity index (χ0v) is 13.6. The zero-order chi connectivity index (χ0) is 16.7. The van der Waals surface area contributed by atoms with Gasteiger partial charge >= 0.3 is 11.8 Å². The van der Waals surface area contributed by atoms with Crippen LogP contribution in [0.2, 0.25) is 0 Å². The van der Waals surface area contributed by atoms with Crippen LogP contribution in [0.15, 0.2) is 40.8 Å². The van der Waals surface area contributed by atoms with Crippen LogP contribution in [0.1, 0.15) is 16.0 Å². The lowest BCUT2D eigenvalue weighted by Crippen LogP contribution is -2.37. The number of methoxy groups -OCH3 is 1. The summed E-state index contributed by atoms with van der Waals surface area (Å²) in [6.07, 6.45) is 1.52. The van der Waals surface area contributed by atoms with Gasteiger partial charge < -0.3 is 10.1 Å². The Morgan fingerprint density at radius 3 is 2.57 bits per heavy atom. The Morgan fingerprint density at radius 2 is 1.96 bits per heavy atom. The fraction of sp³-hybridized carbons (Fsp3) is 0.188. The van der Waals surface area contributed by atoms with Crippen molar-refractivity contribution in [2.75, 3.05) is 7.11 Å². The summed E-state index contributed by atoms with van der Waals surface area (Å²) in [5.41, 5.74) is 4.14. The van der Waals surface area contributed by atoms with Crippen molar-refractivity contribution in [1.29, 1.82) is 0 Å². The largest absolute Gasteiger partial charge is 0.497 e. The summed E-state index contributed by atoms with van der Waals surface area (Å²) >= 11 is 1.51. The molecule has 0 saturated heterocycles. The van der Waals surface area contributed by atoms with Crippen LogP contribution in [-0.2, 0) is 16.1 Å². The summed E-state index contributed by atoms with van der Waals surface area (Å²) < 4.78 is 5.05. The number of hydrogen-bond donors (Lipinski definition) is 2. The van der Waals surface area contributed by atoms with Gasteiger partial charge in [0.2, 0.25) is 0 Å². The highest BCUT2D eigenvalue weighted by Crippen LogP contribution is 2.12. The van der Waals surface area contributed by atoms with Gasteiger partial charge in [-0.15, -0.1) is 11.3 Å². The average Bonchev–Trinajstić information content (AvgIpc) is 2.98. The van der Waals surface area contributed by atoms with Crippen LogP contribution in [0.3, 0.4) is 0 Å². The van der Waals surface area contributed by atoms with Crippen LogP contribution in [0.5, 0.6) is 5.75 Å². The molecule has 2 N–H and O–H groups in total. The van der Waals surface area contributed by atoms with Crippen LogP contribution in [0, 0.1) is 6.92 Å². The molecule has 0 unspecified atom stereocenters. The van der Waals surface area contributed by atoms with Gasteiger partial charge in [0.15, 0.2) is 0 Å². The second-order valence-electron chi connectivity index (χ2n) is 4.70. The predicted octanol–water partition coefficient (Wildman–Crippen LogP) is 1.83. The number of hydrazone groups is 1. The third kappa shape index (κ3) is 4.93. The molecule has 2 amide bonds. The third-order valence-corrected chi connectivity index (χ3v) is 4.02. The Morgan fingerprint density at radius 1 is 1.22 bits per heavy atom. The lowest BCUT2D eigenvalue weighted by molar-refractivity contribution is -0.139. The summed E-state index contributed by atoms with van der Waals surface area (Å²) in [6, 6.07) is 9.16. The molecule has 1 aromatic heterocycles. The molecule has 0 fully saturated rings. The number of hydrogen-bond acceptors (Lipinski definition) is 5.